The fraction of sp³-hybridized carbons (Fsp3) is 0.556. The summed E-state index contributed by atoms with van der Waals surface area (Å²) < 4.78 is 21.5. The number of piperidine rings is 1. The Balaban J connectivity index is 1.27. The molecule has 0 aromatic heterocycles. The number of carboxylic acids is 1. The normalized spacial score (nSPS) is 29.7. The summed E-state index contributed by atoms with van der Waals surface area (Å²) in [5.41, 5.74) is -0.355. The van der Waals surface area contributed by atoms with Crippen LogP contribution in [0.5, 0.6) is 11.5 Å². The lowest BCUT2D eigenvalue weighted by atomic mass is 9.50. The van der Waals surface area contributed by atoms with E-state index in [0.717, 1.165) is 11.1 Å². The molecule has 0 saturated carbocycles. The Labute approximate surface area is 224 Å². The van der Waals surface area contributed by atoms with Gasteiger partial charge in [-0.1, -0.05) is 6.07 Å². The Kier molecular flexibility index (Phi) is 6.58. The minimum atomic E-state index is -1.40. The van der Waals surface area contributed by atoms with E-state index < -0.39 is 59.6 Å². The molecule has 39 heavy (non-hydrogen) atoms. The van der Waals surface area contributed by atoms with Gasteiger partial charge in [-0.15, -0.1) is 0 Å². The van der Waals surface area contributed by atoms with Crippen LogP contribution in [0.1, 0.15) is 50.7 Å². The van der Waals surface area contributed by atoms with Crippen LogP contribution in [0.25, 0.3) is 0 Å². The van der Waals surface area contributed by atoms with E-state index in [-0.39, 0.29) is 30.4 Å². The highest BCUT2D eigenvalue weighted by Crippen LogP contribution is 2.65. The summed E-state index contributed by atoms with van der Waals surface area (Å²) in [5, 5.41) is 31.5. The maximum absolute atomic E-state index is 12.7. The summed E-state index contributed by atoms with van der Waals surface area (Å²) in [5.74, 6) is -3.51. The van der Waals surface area contributed by atoms with Crippen molar-refractivity contribution in [2.45, 2.75) is 81.3 Å². The lowest BCUT2D eigenvalue weighted by Gasteiger charge is -2.61. The van der Waals surface area contributed by atoms with Gasteiger partial charge in [0, 0.05) is 18.0 Å². The van der Waals surface area contributed by atoms with Crippen LogP contribution in [0.4, 0.5) is 0 Å². The maximum atomic E-state index is 12.7. The molecular weight excluding hydrogens is 514 g/mol. The molecular formula is C27H31NO11. The minimum absolute atomic E-state index is 0.0453. The number of hydrogen-bond donors (Lipinski definition) is 3. The molecule has 1 fully saturated rings. The number of carboxylic acid groups (broad SMARTS) is 1. The maximum Gasteiger partial charge on any atom is 0.347 e. The van der Waals surface area contributed by atoms with Crippen molar-refractivity contribution in [3.8, 4) is 11.5 Å². The SMILES string of the molecule is C[C@H](OC(=O)[C@H](C)OC(=O)CCC(=O)OC1=CC[C@@]2(O)[C@@H]3Cc4ccc(O)c5c4[C@@]2(CCN3C)[C@H]1O5)C(=O)O. The number of phenols is 1. The number of nitrogens with zero attached hydrogens (tertiary/aromatic N) is 1. The van der Waals surface area contributed by atoms with Crippen LogP contribution in [0.15, 0.2) is 24.0 Å². The highest BCUT2D eigenvalue weighted by Gasteiger charge is 2.72. The Bertz CT molecular complexity index is 1270. The predicted octanol–water partition coefficient (Wildman–Crippen LogP) is 0.941. The van der Waals surface area contributed by atoms with Crippen molar-refractivity contribution in [2.24, 2.45) is 0 Å². The number of likely N-dealkylation sites (N-methyl/N-ethyl adjacent to an activating group) is 1. The first-order valence-corrected chi connectivity index (χ1v) is 12.9. The number of hydrogen-bond acceptors (Lipinski definition) is 11. The number of likely N-dealkylation sites (tertiary alicyclic amines) is 1. The zero-order valence-corrected chi connectivity index (χ0v) is 21.8. The van der Waals surface area contributed by atoms with Gasteiger partial charge >= 0.3 is 23.9 Å². The van der Waals surface area contributed by atoms with Crippen LogP contribution in [-0.2, 0) is 45.2 Å². The van der Waals surface area contributed by atoms with Crippen molar-refractivity contribution >= 4 is 23.9 Å². The standard InChI is InChI=1S/C27H31NO11/c1-13(24(32)33)37-25(34)14(2)36-19(30)6-7-20(31)38-17-8-9-27(35)18-12-15-4-5-16(29)22-21(15)26(27,23(17)39-22)10-11-28(18)3/h4-5,8,13-14,18,23,29,35H,6-7,9-12H2,1-3H3,(H,32,33)/t13-,14-,18-,23-,26-,27+/m0/s1. The Hall–Kier alpha value is -3.64. The molecule has 0 amide bonds. The molecule has 1 spiro atoms. The molecule has 0 unspecified atom stereocenters. The minimum Gasteiger partial charge on any atom is -0.504 e. The van der Waals surface area contributed by atoms with Crippen molar-refractivity contribution in [1.82, 2.24) is 4.90 Å². The number of aliphatic carboxylic acids is 1. The molecule has 4 aliphatic rings. The highest BCUT2D eigenvalue weighted by atomic mass is 16.6. The summed E-state index contributed by atoms with van der Waals surface area (Å²) in [6, 6.07) is 3.24. The molecule has 2 bridgehead atoms. The van der Waals surface area contributed by atoms with Crippen molar-refractivity contribution in [2.75, 3.05) is 13.6 Å². The molecule has 2 aliphatic carbocycles. The molecule has 1 saturated heterocycles. The van der Waals surface area contributed by atoms with E-state index in [9.17, 15) is 29.4 Å². The number of rotatable bonds is 8. The number of esters is 3. The van der Waals surface area contributed by atoms with Crippen molar-refractivity contribution in [3.63, 3.8) is 0 Å². The average molecular weight is 546 g/mol. The van der Waals surface area contributed by atoms with Gasteiger partial charge in [0.25, 0.3) is 0 Å². The monoisotopic (exact) mass is 545 g/mol. The molecule has 6 atom stereocenters. The van der Waals surface area contributed by atoms with Crippen molar-refractivity contribution in [3.05, 3.63) is 35.1 Å². The molecule has 12 heteroatoms. The third-order valence-corrected chi connectivity index (χ3v) is 8.40. The van der Waals surface area contributed by atoms with E-state index in [0.29, 0.717) is 25.1 Å². The summed E-state index contributed by atoms with van der Waals surface area (Å²) in [7, 11) is 1.97. The van der Waals surface area contributed by atoms with Gasteiger partial charge in [0.2, 0.25) is 0 Å². The summed E-state index contributed by atoms with van der Waals surface area (Å²) in [6.07, 6.45) is -1.36. The van der Waals surface area contributed by atoms with Gasteiger partial charge in [-0.05, 0) is 58.0 Å². The average Bonchev–Trinajstić information content (AvgIpc) is 3.24. The van der Waals surface area contributed by atoms with Crippen molar-refractivity contribution in [1.29, 1.82) is 0 Å². The number of aliphatic hydroxyl groups is 1. The molecule has 2 heterocycles. The second kappa shape index (κ2) is 9.53. The molecule has 5 rings (SSSR count). The predicted molar refractivity (Wildman–Crippen MR) is 131 cm³/mol. The molecule has 210 valence electrons. The fourth-order valence-electron chi connectivity index (χ4n) is 6.45. The van der Waals surface area contributed by atoms with Crippen LogP contribution in [0, 0.1) is 0 Å². The van der Waals surface area contributed by atoms with Gasteiger partial charge in [0.1, 0.15) is 5.76 Å². The second-order valence-electron chi connectivity index (χ2n) is 10.6. The van der Waals surface area contributed by atoms with Crippen LogP contribution in [0.3, 0.4) is 0 Å². The third-order valence-electron chi connectivity index (χ3n) is 8.40. The van der Waals surface area contributed by atoms with Crippen LogP contribution in [0.2, 0.25) is 0 Å². The van der Waals surface area contributed by atoms with E-state index in [2.05, 4.69) is 9.64 Å². The largest absolute Gasteiger partial charge is 0.504 e. The number of ether oxygens (including phenoxy) is 4. The zero-order chi connectivity index (χ0) is 28.3. The van der Waals surface area contributed by atoms with Gasteiger partial charge in [0.05, 0.1) is 23.9 Å². The Morgan fingerprint density at radius 3 is 2.56 bits per heavy atom. The lowest BCUT2D eigenvalue weighted by Crippen LogP contribution is -2.74. The quantitative estimate of drug-likeness (QED) is 0.313. The molecule has 0 radical (unpaired) electrons. The lowest BCUT2D eigenvalue weighted by molar-refractivity contribution is -0.175. The van der Waals surface area contributed by atoms with Crippen molar-refractivity contribution < 1.29 is 53.4 Å². The Morgan fingerprint density at radius 2 is 1.85 bits per heavy atom. The Morgan fingerprint density at radius 1 is 1.13 bits per heavy atom. The first kappa shape index (κ1) is 26.9. The van der Waals surface area contributed by atoms with Crippen LogP contribution in [-0.4, -0.2) is 87.6 Å². The van der Waals surface area contributed by atoms with Gasteiger partial charge in [-0.25, -0.2) is 9.59 Å². The second-order valence-corrected chi connectivity index (χ2v) is 10.6. The topological polar surface area (TPSA) is 169 Å². The molecule has 12 nitrogen and oxygen atoms in total. The molecule has 3 N–H and O–H groups in total. The van der Waals surface area contributed by atoms with E-state index in [4.69, 9.17) is 19.3 Å². The highest BCUT2D eigenvalue weighted by molar-refractivity contribution is 5.83. The first-order valence-electron chi connectivity index (χ1n) is 12.9. The molecule has 1 aromatic rings. The fourth-order valence-corrected chi connectivity index (χ4v) is 6.45. The van der Waals surface area contributed by atoms with E-state index >= 15 is 0 Å². The summed E-state index contributed by atoms with van der Waals surface area (Å²) in [6.45, 7) is 3.08. The van der Waals surface area contributed by atoms with Gasteiger partial charge in [-0.2, -0.15) is 0 Å². The smallest absolute Gasteiger partial charge is 0.347 e. The third kappa shape index (κ3) is 4.13. The summed E-state index contributed by atoms with van der Waals surface area (Å²) in [4.78, 5) is 49.8. The van der Waals surface area contributed by atoms with Crippen LogP contribution >= 0.6 is 0 Å². The van der Waals surface area contributed by atoms with Crippen LogP contribution < -0.4 is 4.74 Å². The summed E-state index contributed by atoms with van der Waals surface area (Å²) >= 11 is 0. The van der Waals surface area contributed by atoms with Gasteiger partial charge in [-0.3, -0.25) is 9.59 Å². The number of carbonyl (C=O) groups is 4. The zero-order valence-electron chi connectivity index (χ0n) is 21.8. The molecule has 1 aromatic carbocycles. The molecule has 2 aliphatic heterocycles. The number of aromatic hydroxyl groups is 1. The van der Waals surface area contributed by atoms with Gasteiger partial charge in [0.15, 0.2) is 29.8 Å². The van der Waals surface area contributed by atoms with E-state index in [1.807, 2.05) is 13.1 Å². The van der Waals surface area contributed by atoms with E-state index in [1.165, 1.54) is 13.8 Å². The van der Waals surface area contributed by atoms with Gasteiger partial charge < -0.3 is 39.2 Å². The number of carbonyl (C=O) groups excluding carboxylic acids is 3. The first-order chi connectivity index (χ1) is 18.4. The number of benzene rings is 1. The number of phenolic OH excluding ortho intramolecular Hbond substituents is 1. The van der Waals surface area contributed by atoms with E-state index in [1.54, 1.807) is 12.1 Å².